The zero-order valence-corrected chi connectivity index (χ0v) is 11.2. The maximum absolute atomic E-state index is 6.00. The number of ether oxygens (including phenoxy) is 2. The third-order valence-electron chi connectivity index (χ3n) is 2.67. The van der Waals surface area contributed by atoms with Gasteiger partial charge in [0.15, 0.2) is 0 Å². The molecule has 1 aromatic heterocycles. The van der Waals surface area contributed by atoms with E-state index in [1.807, 2.05) is 0 Å². The molecule has 1 aliphatic rings. The Balaban J connectivity index is 1.92. The van der Waals surface area contributed by atoms with Gasteiger partial charge in [0.05, 0.1) is 12.3 Å². The van der Waals surface area contributed by atoms with Crippen LogP contribution in [0.2, 0.25) is 5.02 Å². The van der Waals surface area contributed by atoms with E-state index in [2.05, 4.69) is 22.2 Å². The van der Waals surface area contributed by atoms with Crippen LogP contribution in [0.25, 0.3) is 0 Å². The Kier molecular flexibility index (Phi) is 5.01. The highest BCUT2D eigenvalue weighted by atomic mass is 35.5. The minimum absolute atomic E-state index is 0.156. The van der Waals surface area contributed by atoms with Gasteiger partial charge in [-0.2, -0.15) is 4.98 Å². The van der Waals surface area contributed by atoms with Crippen LogP contribution >= 0.6 is 11.6 Å². The molecule has 0 spiro atoms. The second-order valence-corrected chi connectivity index (χ2v) is 4.63. The first-order chi connectivity index (χ1) is 8.79. The predicted octanol–water partition coefficient (Wildman–Crippen LogP) is 2.51. The van der Waals surface area contributed by atoms with Gasteiger partial charge in [-0.15, -0.1) is 0 Å². The summed E-state index contributed by atoms with van der Waals surface area (Å²) >= 11 is 6.00. The molecule has 0 saturated carbocycles. The summed E-state index contributed by atoms with van der Waals surface area (Å²) in [5, 5.41) is 3.52. The van der Waals surface area contributed by atoms with Crippen molar-refractivity contribution in [2.75, 3.05) is 25.1 Å². The fourth-order valence-electron chi connectivity index (χ4n) is 1.72. The number of aromatic nitrogens is 2. The number of anilines is 1. The number of rotatable bonds is 6. The van der Waals surface area contributed by atoms with Gasteiger partial charge < -0.3 is 14.8 Å². The highest BCUT2D eigenvalue weighted by Crippen LogP contribution is 2.23. The first-order valence-corrected chi connectivity index (χ1v) is 6.68. The van der Waals surface area contributed by atoms with Crippen LogP contribution in [-0.2, 0) is 4.74 Å². The average molecular weight is 272 g/mol. The van der Waals surface area contributed by atoms with Gasteiger partial charge in [0.2, 0.25) is 11.8 Å². The molecule has 1 aliphatic heterocycles. The first kappa shape index (κ1) is 13.4. The fourth-order valence-corrected chi connectivity index (χ4v) is 1.87. The molecule has 2 heterocycles. The predicted molar refractivity (Wildman–Crippen MR) is 70.3 cm³/mol. The topological polar surface area (TPSA) is 56.3 Å². The van der Waals surface area contributed by atoms with Crippen molar-refractivity contribution < 1.29 is 9.47 Å². The average Bonchev–Trinajstić information content (AvgIpc) is 2.89. The number of hydrogen-bond donors (Lipinski definition) is 1. The number of halogens is 1. The summed E-state index contributed by atoms with van der Waals surface area (Å²) in [5.74, 6) is 0.962. The quantitative estimate of drug-likeness (QED) is 0.862. The van der Waals surface area contributed by atoms with Crippen LogP contribution in [0.5, 0.6) is 5.88 Å². The maximum Gasteiger partial charge on any atom is 0.237 e. The number of nitrogens with zero attached hydrogens (tertiary/aromatic N) is 2. The van der Waals surface area contributed by atoms with Crippen molar-refractivity contribution in [2.45, 2.75) is 32.3 Å². The summed E-state index contributed by atoms with van der Waals surface area (Å²) in [7, 11) is 0. The minimum atomic E-state index is 0.156. The molecule has 18 heavy (non-hydrogen) atoms. The molecule has 1 N–H and O–H groups in total. The summed E-state index contributed by atoms with van der Waals surface area (Å²) < 4.78 is 11.1. The van der Waals surface area contributed by atoms with E-state index in [1.54, 1.807) is 6.20 Å². The van der Waals surface area contributed by atoms with E-state index < -0.39 is 0 Å². The molecule has 1 unspecified atom stereocenters. The van der Waals surface area contributed by atoms with Crippen LogP contribution in [0.3, 0.4) is 0 Å². The van der Waals surface area contributed by atoms with E-state index in [0.717, 1.165) is 32.4 Å². The van der Waals surface area contributed by atoms with Gasteiger partial charge >= 0.3 is 0 Å². The molecule has 0 aromatic carbocycles. The summed E-state index contributed by atoms with van der Waals surface area (Å²) in [5.41, 5.74) is 0. The molecule has 1 atom stereocenters. The lowest BCUT2D eigenvalue weighted by Crippen LogP contribution is -2.17. The molecule has 0 amide bonds. The highest BCUT2D eigenvalue weighted by Gasteiger charge is 2.17. The molecule has 0 radical (unpaired) electrons. The van der Waals surface area contributed by atoms with E-state index >= 15 is 0 Å². The minimum Gasteiger partial charge on any atom is -0.474 e. The smallest absolute Gasteiger partial charge is 0.237 e. The van der Waals surface area contributed by atoms with E-state index in [0.29, 0.717) is 23.5 Å². The molecule has 2 rings (SSSR count). The molecule has 0 bridgehead atoms. The van der Waals surface area contributed by atoms with Crippen molar-refractivity contribution in [1.82, 2.24) is 9.97 Å². The van der Waals surface area contributed by atoms with Crippen LogP contribution in [0, 0.1) is 0 Å². The highest BCUT2D eigenvalue weighted by molar-refractivity contribution is 6.31. The summed E-state index contributed by atoms with van der Waals surface area (Å²) in [4.78, 5) is 8.33. The number of hydrogen-bond acceptors (Lipinski definition) is 5. The maximum atomic E-state index is 6.00. The third kappa shape index (κ3) is 3.71. The zero-order chi connectivity index (χ0) is 12.8. The lowest BCUT2D eigenvalue weighted by atomic mass is 10.2. The Hall–Kier alpha value is -1.07. The Morgan fingerprint density at radius 2 is 2.50 bits per heavy atom. The van der Waals surface area contributed by atoms with Gasteiger partial charge in [-0.25, -0.2) is 4.98 Å². The molecule has 1 saturated heterocycles. The second-order valence-electron chi connectivity index (χ2n) is 4.22. The van der Waals surface area contributed by atoms with Crippen LogP contribution in [0.15, 0.2) is 6.20 Å². The molecule has 100 valence electrons. The fraction of sp³-hybridized carbons (Fsp3) is 0.667. The van der Waals surface area contributed by atoms with Crippen LogP contribution in [0.4, 0.5) is 5.95 Å². The molecule has 1 fully saturated rings. The van der Waals surface area contributed by atoms with Gasteiger partial charge in [-0.3, -0.25) is 0 Å². The van der Waals surface area contributed by atoms with Crippen molar-refractivity contribution in [3.63, 3.8) is 0 Å². The zero-order valence-electron chi connectivity index (χ0n) is 10.5. The van der Waals surface area contributed by atoms with E-state index in [-0.39, 0.29) is 6.10 Å². The van der Waals surface area contributed by atoms with Crippen LogP contribution in [0.1, 0.15) is 26.2 Å². The molecule has 5 nitrogen and oxygen atoms in total. The van der Waals surface area contributed by atoms with E-state index in [9.17, 15) is 0 Å². The van der Waals surface area contributed by atoms with Crippen LogP contribution in [-0.4, -0.2) is 35.8 Å². The Morgan fingerprint density at radius 3 is 3.22 bits per heavy atom. The molecule has 0 aliphatic carbocycles. The summed E-state index contributed by atoms with van der Waals surface area (Å²) in [6.07, 6.45) is 4.84. The largest absolute Gasteiger partial charge is 0.474 e. The van der Waals surface area contributed by atoms with Crippen molar-refractivity contribution >= 4 is 17.5 Å². The van der Waals surface area contributed by atoms with Gasteiger partial charge in [0.1, 0.15) is 11.6 Å². The van der Waals surface area contributed by atoms with Crippen molar-refractivity contribution in [3.05, 3.63) is 11.2 Å². The number of nitrogens with one attached hydrogen (secondary N) is 1. The Bertz CT molecular complexity index is 384. The van der Waals surface area contributed by atoms with Crippen molar-refractivity contribution in [2.24, 2.45) is 0 Å². The first-order valence-electron chi connectivity index (χ1n) is 6.30. The van der Waals surface area contributed by atoms with Gasteiger partial charge in [-0.05, 0) is 19.3 Å². The lowest BCUT2D eigenvalue weighted by Gasteiger charge is -2.12. The van der Waals surface area contributed by atoms with Gasteiger partial charge in [-0.1, -0.05) is 18.5 Å². The lowest BCUT2D eigenvalue weighted by molar-refractivity contribution is 0.0664. The van der Waals surface area contributed by atoms with Gasteiger partial charge in [0.25, 0.3) is 0 Å². The monoisotopic (exact) mass is 271 g/mol. The summed E-state index contributed by atoms with van der Waals surface area (Å²) in [6.45, 7) is 4.21. The Labute approximate surface area is 112 Å². The molecular weight excluding hydrogens is 254 g/mol. The van der Waals surface area contributed by atoms with Crippen molar-refractivity contribution in [3.8, 4) is 5.88 Å². The Morgan fingerprint density at radius 1 is 1.61 bits per heavy atom. The van der Waals surface area contributed by atoms with Crippen LogP contribution < -0.4 is 10.1 Å². The standard InChI is InChI=1S/C12H18ClN3O2/c1-2-5-14-12-15-7-10(13)11(16-12)18-8-9-4-3-6-17-9/h7,9H,2-6,8H2,1H3,(H,14,15,16). The molecular formula is C12H18ClN3O2. The van der Waals surface area contributed by atoms with E-state index in [4.69, 9.17) is 21.1 Å². The SMILES string of the molecule is CCCNc1ncc(Cl)c(OCC2CCCO2)n1. The second kappa shape index (κ2) is 6.75. The third-order valence-corrected chi connectivity index (χ3v) is 2.93. The normalized spacial score (nSPS) is 18.9. The van der Waals surface area contributed by atoms with E-state index in [1.165, 1.54) is 0 Å². The molecule has 6 heteroatoms. The van der Waals surface area contributed by atoms with Gasteiger partial charge in [0, 0.05) is 13.2 Å². The summed E-state index contributed by atoms with van der Waals surface area (Å²) in [6, 6.07) is 0. The van der Waals surface area contributed by atoms with Crippen molar-refractivity contribution in [1.29, 1.82) is 0 Å². The molecule has 1 aromatic rings.